The smallest absolute Gasteiger partial charge is 0.416 e. The van der Waals surface area contributed by atoms with Gasteiger partial charge in [-0.15, -0.1) is 0 Å². The first-order valence-electron chi connectivity index (χ1n) is 8.26. The molecular formula is C21H15F4NO2. The summed E-state index contributed by atoms with van der Waals surface area (Å²) in [6, 6.07) is 14.7. The van der Waals surface area contributed by atoms with E-state index in [0.29, 0.717) is 11.3 Å². The Morgan fingerprint density at radius 3 is 2.29 bits per heavy atom. The van der Waals surface area contributed by atoms with Gasteiger partial charge in [0.05, 0.1) is 11.1 Å². The molecule has 0 atom stereocenters. The van der Waals surface area contributed by atoms with E-state index in [2.05, 4.69) is 5.32 Å². The maximum Gasteiger partial charge on any atom is 0.416 e. The van der Waals surface area contributed by atoms with E-state index in [9.17, 15) is 22.4 Å². The lowest BCUT2D eigenvalue weighted by molar-refractivity contribution is -0.137. The van der Waals surface area contributed by atoms with Gasteiger partial charge in [-0.1, -0.05) is 18.2 Å². The molecule has 0 radical (unpaired) electrons. The average molecular weight is 389 g/mol. The fraction of sp³-hybridized carbons (Fsp3) is 0.0952. The molecule has 0 aliphatic heterocycles. The zero-order valence-corrected chi connectivity index (χ0v) is 14.7. The molecule has 0 bridgehead atoms. The van der Waals surface area contributed by atoms with Crippen LogP contribution in [0, 0.1) is 12.7 Å². The molecule has 3 aromatic rings. The Balaban J connectivity index is 2.00. The molecule has 0 heterocycles. The van der Waals surface area contributed by atoms with E-state index in [1.165, 1.54) is 12.1 Å². The third-order valence-corrected chi connectivity index (χ3v) is 3.94. The molecule has 0 saturated heterocycles. The Kier molecular flexibility index (Phi) is 5.35. The number of anilines is 1. The molecule has 0 aliphatic rings. The van der Waals surface area contributed by atoms with Crippen LogP contribution in [0.25, 0.3) is 0 Å². The quantitative estimate of drug-likeness (QED) is 0.540. The second kappa shape index (κ2) is 7.72. The normalized spacial score (nSPS) is 11.2. The monoisotopic (exact) mass is 389 g/mol. The summed E-state index contributed by atoms with van der Waals surface area (Å²) in [6.07, 6.45) is -4.61. The van der Waals surface area contributed by atoms with Crippen molar-refractivity contribution in [2.24, 2.45) is 0 Å². The first-order valence-corrected chi connectivity index (χ1v) is 8.26. The predicted octanol–water partition coefficient (Wildman–Crippen LogP) is 6.20. The summed E-state index contributed by atoms with van der Waals surface area (Å²) in [5.41, 5.74) is -0.178. The molecule has 0 aromatic heterocycles. The number of ether oxygens (including phenoxy) is 1. The SMILES string of the molecule is Cc1cc(F)ccc1Oc1cc(C(F)(F)F)ccc1C(=O)Nc1ccccc1. The highest BCUT2D eigenvalue weighted by Crippen LogP contribution is 2.36. The van der Waals surface area contributed by atoms with E-state index in [4.69, 9.17) is 4.74 Å². The number of hydrogen-bond donors (Lipinski definition) is 1. The van der Waals surface area contributed by atoms with Crippen molar-refractivity contribution >= 4 is 11.6 Å². The van der Waals surface area contributed by atoms with Crippen molar-refractivity contribution in [3.63, 3.8) is 0 Å². The van der Waals surface area contributed by atoms with Gasteiger partial charge in [0.25, 0.3) is 5.91 Å². The van der Waals surface area contributed by atoms with Crippen LogP contribution in [-0.2, 0) is 6.18 Å². The number of hydrogen-bond acceptors (Lipinski definition) is 2. The molecule has 3 rings (SSSR count). The highest BCUT2D eigenvalue weighted by Gasteiger charge is 2.32. The van der Waals surface area contributed by atoms with Crippen molar-refractivity contribution in [3.05, 3.63) is 89.2 Å². The van der Waals surface area contributed by atoms with Gasteiger partial charge in [0.2, 0.25) is 0 Å². The zero-order valence-electron chi connectivity index (χ0n) is 14.7. The molecule has 0 spiro atoms. The second-order valence-electron chi connectivity index (χ2n) is 6.04. The lowest BCUT2D eigenvalue weighted by atomic mass is 10.1. The summed E-state index contributed by atoms with van der Waals surface area (Å²) < 4.78 is 58.2. The minimum absolute atomic E-state index is 0.0828. The average Bonchev–Trinajstić information content (AvgIpc) is 2.64. The molecular weight excluding hydrogens is 374 g/mol. The van der Waals surface area contributed by atoms with Crippen molar-refractivity contribution in [2.45, 2.75) is 13.1 Å². The van der Waals surface area contributed by atoms with E-state index < -0.39 is 23.5 Å². The summed E-state index contributed by atoms with van der Waals surface area (Å²) in [6.45, 7) is 1.55. The minimum Gasteiger partial charge on any atom is -0.456 e. The standard InChI is InChI=1S/C21H15F4NO2/c1-13-11-15(22)8-10-18(13)28-19-12-14(21(23,24)25)7-9-17(19)20(27)26-16-5-3-2-4-6-16/h2-12H,1H3,(H,26,27). The molecule has 0 unspecified atom stereocenters. The van der Waals surface area contributed by atoms with Gasteiger partial charge >= 0.3 is 6.18 Å². The lowest BCUT2D eigenvalue weighted by Gasteiger charge is -2.15. The van der Waals surface area contributed by atoms with Gasteiger partial charge in [-0.2, -0.15) is 13.2 Å². The van der Waals surface area contributed by atoms with Crippen LogP contribution in [0.1, 0.15) is 21.5 Å². The van der Waals surface area contributed by atoms with Gasteiger partial charge in [-0.25, -0.2) is 4.39 Å². The Hall–Kier alpha value is -3.35. The number of carbonyl (C=O) groups excluding carboxylic acids is 1. The lowest BCUT2D eigenvalue weighted by Crippen LogP contribution is -2.14. The number of nitrogens with one attached hydrogen (secondary N) is 1. The summed E-state index contributed by atoms with van der Waals surface area (Å²) in [5, 5.41) is 2.61. The van der Waals surface area contributed by atoms with Crippen LogP contribution in [0.4, 0.5) is 23.2 Å². The Bertz CT molecular complexity index is 1000. The van der Waals surface area contributed by atoms with Crippen LogP contribution >= 0.6 is 0 Å². The van der Waals surface area contributed by atoms with Crippen molar-refractivity contribution in [2.75, 3.05) is 5.32 Å². The predicted molar refractivity (Wildman–Crippen MR) is 97.1 cm³/mol. The molecule has 3 nitrogen and oxygen atoms in total. The molecule has 1 N–H and O–H groups in total. The maximum atomic E-state index is 13.3. The van der Waals surface area contributed by atoms with Gasteiger partial charge in [0, 0.05) is 5.69 Å². The molecule has 0 aliphatic carbocycles. The van der Waals surface area contributed by atoms with E-state index in [0.717, 1.165) is 24.3 Å². The number of para-hydroxylation sites is 1. The number of halogens is 4. The summed E-state index contributed by atoms with van der Waals surface area (Å²) in [7, 11) is 0. The largest absolute Gasteiger partial charge is 0.456 e. The summed E-state index contributed by atoms with van der Waals surface area (Å²) >= 11 is 0. The zero-order chi connectivity index (χ0) is 20.3. The van der Waals surface area contributed by atoms with Gasteiger partial charge in [0.15, 0.2) is 0 Å². The van der Waals surface area contributed by atoms with Gasteiger partial charge in [0.1, 0.15) is 17.3 Å². The van der Waals surface area contributed by atoms with E-state index >= 15 is 0 Å². The fourth-order valence-corrected chi connectivity index (χ4v) is 2.54. The van der Waals surface area contributed by atoms with Crippen LogP contribution in [0.3, 0.4) is 0 Å². The number of benzene rings is 3. The first-order chi connectivity index (χ1) is 13.2. The minimum atomic E-state index is -4.61. The Morgan fingerprint density at radius 2 is 1.64 bits per heavy atom. The van der Waals surface area contributed by atoms with E-state index in [-0.39, 0.29) is 17.1 Å². The molecule has 144 valence electrons. The van der Waals surface area contributed by atoms with Gasteiger partial charge < -0.3 is 10.1 Å². The number of amides is 1. The molecule has 7 heteroatoms. The summed E-state index contributed by atoms with van der Waals surface area (Å²) in [5.74, 6) is -1.27. The van der Waals surface area contributed by atoms with E-state index in [1.807, 2.05) is 0 Å². The highest BCUT2D eigenvalue weighted by atomic mass is 19.4. The van der Waals surface area contributed by atoms with Gasteiger partial charge in [-0.3, -0.25) is 4.79 Å². The highest BCUT2D eigenvalue weighted by molar-refractivity contribution is 6.06. The molecule has 28 heavy (non-hydrogen) atoms. The Labute approximate surface area is 158 Å². The van der Waals surface area contributed by atoms with Gasteiger partial charge in [-0.05, 0) is 61.0 Å². The maximum absolute atomic E-state index is 13.3. The molecule has 3 aromatic carbocycles. The topological polar surface area (TPSA) is 38.3 Å². The fourth-order valence-electron chi connectivity index (χ4n) is 2.54. The second-order valence-corrected chi connectivity index (χ2v) is 6.04. The van der Waals surface area contributed by atoms with Crippen LogP contribution in [0.5, 0.6) is 11.5 Å². The van der Waals surface area contributed by atoms with Crippen LogP contribution in [0.15, 0.2) is 66.7 Å². The first kappa shape index (κ1) is 19.4. The Morgan fingerprint density at radius 1 is 0.929 bits per heavy atom. The third-order valence-electron chi connectivity index (χ3n) is 3.94. The summed E-state index contributed by atoms with van der Waals surface area (Å²) in [4.78, 5) is 12.6. The van der Waals surface area contributed by atoms with Crippen molar-refractivity contribution < 1.29 is 27.1 Å². The third kappa shape index (κ3) is 4.49. The molecule has 1 amide bonds. The van der Waals surface area contributed by atoms with Crippen molar-refractivity contribution in [1.29, 1.82) is 0 Å². The van der Waals surface area contributed by atoms with E-state index in [1.54, 1.807) is 37.3 Å². The van der Waals surface area contributed by atoms with Crippen LogP contribution < -0.4 is 10.1 Å². The number of carbonyl (C=O) groups is 1. The number of alkyl halides is 3. The number of rotatable bonds is 4. The van der Waals surface area contributed by atoms with Crippen molar-refractivity contribution in [1.82, 2.24) is 0 Å². The molecule has 0 saturated carbocycles. The number of aryl methyl sites for hydroxylation is 1. The van der Waals surface area contributed by atoms with Crippen molar-refractivity contribution in [3.8, 4) is 11.5 Å². The molecule has 0 fully saturated rings. The van der Waals surface area contributed by atoms with Crippen LogP contribution in [-0.4, -0.2) is 5.91 Å². The van der Waals surface area contributed by atoms with Crippen LogP contribution in [0.2, 0.25) is 0 Å².